The van der Waals surface area contributed by atoms with Crippen LogP contribution in [0.15, 0.2) is 60.1 Å². The van der Waals surface area contributed by atoms with Crippen LogP contribution in [0.1, 0.15) is 5.56 Å². The Kier molecular flexibility index (Phi) is 2.93. The molecule has 0 bridgehead atoms. The molecule has 0 amide bonds. The van der Waals surface area contributed by atoms with Crippen LogP contribution in [0.4, 0.5) is 0 Å². The topological polar surface area (TPSA) is 13.1 Å². The van der Waals surface area contributed by atoms with E-state index in [0.717, 1.165) is 11.5 Å². The van der Waals surface area contributed by atoms with Crippen molar-refractivity contribution in [3.8, 4) is 22.8 Å². The summed E-state index contributed by atoms with van der Waals surface area (Å²) < 4.78 is 12.9. The summed E-state index contributed by atoms with van der Waals surface area (Å²) in [6.07, 6.45) is 2.19. The number of pyridine rings is 1. The molecule has 1 aliphatic heterocycles. The molecule has 0 N–H and O–H groups in total. The van der Waals surface area contributed by atoms with E-state index in [1.54, 1.807) is 0 Å². The summed E-state index contributed by atoms with van der Waals surface area (Å²) in [7, 11) is 2.14. The smallest absolute Gasteiger partial charge is 0.228 e. The Hall–Kier alpha value is -2.95. The minimum atomic E-state index is 0.953. The molecule has 3 aromatic carbocycles. The Labute approximate surface area is 175 Å². The van der Waals surface area contributed by atoms with Crippen LogP contribution in [0.5, 0.6) is 11.5 Å². The van der Waals surface area contributed by atoms with Gasteiger partial charge in [0.2, 0.25) is 5.69 Å². The zero-order chi connectivity index (χ0) is 19.3. The van der Waals surface area contributed by atoms with Crippen LogP contribution >= 0.6 is 22.7 Å². The lowest BCUT2D eigenvalue weighted by atomic mass is 9.92. The molecule has 4 heterocycles. The van der Waals surface area contributed by atoms with Crippen molar-refractivity contribution in [2.45, 2.75) is 6.92 Å². The third-order valence-corrected chi connectivity index (χ3v) is 8.43. The molecule has 6 aromatic rings. The lowest BCUT2D eigenvalue weighted by molar-refractivity contribution is -0.659. The van der Waals surface area contributed by atoms with E-state index in [0.29, 0.717) is 0 Å². The Morgan fingerprint density at radius 3 is 2.72 bits per heavy atom. The van der Waals surface area contributed by atoms with Crippen molar-refractivity contribution in [1.82, 2.24) is 0 Å². The summed E-state index contributed by atoms with van der Waals surface area (Å²) in [5.41, 5.74) is 3.74. The summed E-state index contributed by atoms with van der Waals surface area (Å²) in [5.74, 6) is 1.92. The predicted molar refractivity (Wildman–Crippen MR) is 124 cm³/mol. The van der Waals surface area contributed by atoms with Gasteiger partial charge in [0, 0.05) is 26.2 Å². The van der Waals surface area contributed by atoms with Gasteiger partial charge in [0.05, 0.1) is 15.6 Å². The van der Waals surface area contributed by atoms with Crippen molar-refractivity contribution in [3.05, 3.63) is 65.7 Å². The molecule has 0 fully saturated rings. The van der Waals surface area contributed by atoms with Gasteiger partial charge in [-0.2, -0.15) is 0 Å². The van der Waals surface area contributed by atoms with Crippen molar-refractivity contribution in [1.29, 1.82) is 0 Å². The summed E-state index contributed by atoms with van der Waals surface area (Å²) in [4.78, 5) is 0. The van der Waals surface area contributed by atoms with E-state index in [1.807, 2.05) is 22.7 Å². The number of nitrogens with zero attached hydrogens (tertiary/aromatic N) is 1. The fourth-order valence-corrected chi connectivity index (χ4v) is 7.18. The maximum Gasteiger partial charge on any atom is 0.228 e. The van der Waals surface area contributed by atoms with Crippen LogP contribution < -0.4 is 9.30 Å². The molecular weight excluding hydrogens is 394 g/mol. The molecule has 0 saturated carbocycles. The highest BCUT2D eigenvalue weighted by atomic mass is 32.1. The number of rotatable bonds is 0. The average molecular weight is 411 g/mol. The number of aryl methyl sites for hydroxylation is 2. The summed E-state index contributed by atoms with van der Waals surface area (Å²) in [6.45, 7) is 2.22. The van der Waals surface area contributed by atoms with Gasteiger partial charge < -0.3 is 4.74 Å². The molecular formula is C25H16NOS2+. The molecule has 0 atom stereocenters. The van der Waals surface area contributed by atoms with E-state index in [1.165, 1.54) is 57.9 Å². The zero-order valence-electron chi connectivity index (χ0n) is 15.9. The number of hydrogen-bond acceptors (Lipinski definition) is 3. The molecule has 0 radical (unpaired) electrons. The standard InChI is InChI=1S/C25H16NOS2/c1-13-15-6-4-3-5-14(15)11-18-21(13)23-22-16(7-9-26(23)2)24-17(12-19(22)27-18)25-20(29-24)8-10-28-25/h3-12H,1-2H3/q+1. The van der Waals surface area contributed by atoms with Crippen LogP contribution in [0.3, 0.4) is 0 Å². The Balaban J connectivity index is 1.71. The first-order valence-corrected chi connectivity index (χ1v) is 11.4. The molecule has 0 spiro atoms. The quantitative estimate of drug-likeness (QED) is 0.239. The second kappa shape index (κ2) is 5.35. The second-order valence-electron chi connectivity index (χ2n) is 7.73. The summed E-state index contributed by atoms with van der Waals surface area (Å²) in [6, 6.07) is 17.5. The van der Waals surface area contributed by atoms with Crippen molar-refractivity contribution in [2.24, 2.45) is 7.05 Å². The van der Waals surface area contributed by atoms with E-state index in [9.17, 15) is 0 Å². The highest BCUT2D eigenvalue weighted by molar-refractivity contribution is 7.32. The molecule has 3 aromatic heterocycles. The van der Waals surface area contributed by atoms with Gasteiger partial charge >= 0.3 is 0 Å². The van der Waals surface area contributed by atoms with Crippen LogP contribution in [-0.4, -0.2) is 0 Å². The van der Waals surface area contributed by atoms with E-state index < -0.39 is 0 Å². The van der Waals surface area contributed by atoms with Gasteiger partial charge in [-0.25, -0.2) is 4.57 Å². The Morgan fingerprint density at radius 2 is 1.79 bits per heavy atom. The summed E-state index contributed by atoms with van der Waals surface area (Å²) >= 11 is 3.71. The van der Waals surface area contributed by atoms with Crippen molar-refractivity contribution in [3.63, 3.8) is 0 Å². The van der Waals surface area contributed by atoms with Gasteiger partial charge in [0.1, 0.15) is 18.5 Å². The highest BCUT2D eigenvalue weighted by Gasteiger charge is 2.31. The number of fused-ring (bicyclic) bond motifs is 7. The Morgan fingerprint density at radius 1 is 0.897 bits per heavy atom. The van der Waals surface area contributed by atoms with E-state index in [2.05, 4.69) is 78.6 Å². The highest BCUT2D eigenvalue weighted by Crippen LogP contribution is 2.52. The number of aromatic nitrogens is 1. The van der Waals surface area contributed by atoms with Crippen LogP contribution in [-0.2, 0) is 7.05 Å². The van der Waals surface area contributed by atoms with Gasteiger partial charge in [-0.3, -0.25) is 0 Å². The first-order chi connectivity index (χ1) is 14.2. The normalized spacial score (nSPS) is 12.8. The molecule has 0 aliphatic carbocycles. The third-order valence-electron chi connectivity index (χ3n) is 6.15. The van der Waals surface area contributed by atoms with E-state index in [4.69, 9.17) is 4.74 Å². The molecule has 2 nitrogen and oxygen atoms in total. The summed E-state index contributed by atoms with van der Waals surface area (Å²) in [5, 5.41) is 8.51. The van der Waals surface area contributed by atoms with Gasteiger partial charge in [-0.1, -0.05) is 24.3 Å². The lowest BCUT2D eigenvalue weighted by Gasteiger charge is -2.22. The molecule has 138 valence electrons. The van der Waals surface area contributed by atoms with E-state index >= 15 is 0 Å². The first-order valence-electron chi connectivity index (χ1n) is 9.66. The van der Waals surface area contributed by atoms with Crippen LogP contribution in [0, 0.1) is 6.92 Å². The molecule has 0 unspecified atom stereocenters. The molecule has 4 heteroatoms. The number of hydrogen-bond donors (Lipinski definition) is 0. The van der Waals surface area contributed by atoms with Crippen LogP contribution in [0.25, 0.3) is 52.3 Å². The minimum Gasteiger partial charge on any atom is -0.455 e. The zero-order valence-corrected chi connectivity index (χ0v) is 17.6. The Bertz CT molecular complexity index is 1650. The average Bonchev–Trinajstić information content (AvgIpc) is 3.32. The number of benzene rings is 3. The molecule has 0 saturated heterocycles. The van der Waals surface area contributed by atoms with Gasteiger partial charge in [0.25, 0.3) is 0 Å². The van der Waals surface area contributed by atoms with Gasteiger partial charge in [0.15, 0.2) is 6.20 Å². The fourth-order valence-electron chi connectivity index (χ4n) is 4.84. The minimum absolute atomic E-state index is 0.953. The van der Waals surface area contributed by atoms with E-state index in [-0.39, 0.29) is 0 Å². The molecule has 7 rings (SSSR count). The van der Waals surface area contributed by atoms with Gasteiger partial charge in [-0.05, 0) is 46.8 Å². The monoisotopic (exact) mass is 410 g/mol. The lowest BCUT2D eigenvalue weighted by Crippen LogP contribution is -2.31. The van der Waals surface area contributed by atoms with Crippen molar-refractivity contribution < 1.29 is 9.30 Å². The molecule has 1 aliphatic rings. The van der Waals surface area contributed by atoms with Crippen molar-refractivity contribution >= 4 is 63.7 Å². The predicted octanol–water partition coefficient (Wildman–Crippen LogP) is 7.33. The van der Waals surface area contributed by atoms with Gasteiger partial charge in [-0.15, -0.1) is 22.7 Å². The molecule has 29 heavy (non-hydrogen) atoms. The fraction of sp³-hybridized carbons (Fsp3) is 0.0800. The number of ether oxygens (including phenoxy) is 1. The maximum atomic E-state index is 6.59. The van der Waals surface area contributed by atoms with Crippen LogP contribution in [0.2, 0.25) is 0 Å². The second-order valence-corrected chi connectivity index (χ2v) is 9.70. The van der Waals surface area contributed by atoms with Crippen molar-refractivity contribution in [2.75, 3.05) is 0 Å². The first kappa shape index (κ1) is 15.9. The largest absolute Gasteiger partial charge is 0.455 e. The maximum absolute atomic E-state index is 6.59. The third kappa shape index (κ3) is 1.93. The number of thiophene rings is 2. The SMILES string of the molecule is Cc1c2c(cc3ccccc13)Oc1cc3c4sccc4sc3c3cc[n+](C)c-2c13.